The molecule has 0 unspecified atom stereocenters. The van der Waals surface area contributed by atoms with Crippen molar-refractivity contribution in [2.24, 2.45) is 17.8 Å². The van der Waals surface area contributed by atoms with Crippen LogP contribution in [0.5, 0.6) is 5.75 Å². The molecule has 2 aliphatic heterocycles. The number of fused-ring (bicyclic) bond motifs is 1. The van der Waals surface area contributed by atoms with Crippen molar-refractivity contribution in [3.05, 3.63) is 23.8 Å². The van der Waals surface area contributed by atoms with E-state index < -0.39 is 0 Å². The predicted molar refractivity (Wildman–Crippen MR) is 135 cm³/mol. The van der Waals surface area contributed by atoms with Gasteiger partial charge in [0.05, 0.1) is 17.7 Å². The van der Waals surface area contributed by atoms with Crippen LogP contribution in [0.3, 0.4) is 0 Å². The van der Waals surface area contributed by atoms with Gasteiger partial charge in [0, 0.05) is 63.9 Å². The minimum absolute atomic E-state index is 0.000415. The predicted octanol–water partition coefficient (Wildman–Crippen LogP) is 2.79. The molecule has 1 N–H and O–H groups in total. The molecule has 1 aromatic rings. The van der Waals surface area contributed by atoms with Crippen molar-refractivity contribution >= 4 is 23.4 Å². The number of hydrogen-bond acceptors (Lipinski definition) is 6. The third-order valence-electron chi connectivity index (χ3n) is 7.51. The summed E-state index contributed by atoms with van der Waals surface area (Å²) in [5.41, 5.74) is 0.952. The zero-order chi connectivity index (χ0) is 25.8. The van der Waals surface area contributed by atoms with Crippen LogP contribution in [0.25, 0.3) is 0 Å². The van der Waals surface area contributed by atoms with E-state index in [1.54, 1.807) is 37.3 Å². The highest BCUT2D eigenvalue weighted by Crippen LogP contribution is 2.32. The van der Waals surface area contributed by atoms with Crippen molar-refractivity contribution in [3.8, 4) is 5.75 Å². The number of likely N-dealkylation sites (N-methyl/N-ethyl adjacent to an activating group) is 1. The second kappa shape index (κ2) is 11.6. The van der Waals surface area contributed by atoms with Crippen LogP contribution in [0.4, 0.5) is 5.69 Å². The maximum Gasteiger partial charge on any atom is 0.257 e. The molecular weight excluding hydrogens is 462 g/mol. The van der Waals surface area contributed by atoms with Crippen LogP contribution >= 0.6 is 0 Å². The monoisotopic (exact) mass is 501 g/mol. The van der Waals surface area contributed by atoms with Crippen LogP contribution in [0, 0.1) is 17.8 Å². The first-order chi connectivity index (χ1) is 17.3. The fraction of sp³-hybridized carbons (Fsp3) is 0.667. The topological polar surface area (TPSA) is 97.4 Å². The number of carbonyl (C=O) groups excluding carboxylic acids is 3. The molecule has 3 atom stereocenters. The smallest absolute Gasteiger partial charge is 0.257 e. The van der Waals surface area contributed by atoms with Gasteiger partial charge in [-0.3, -0.25) is 14.4 Å². The van der Waals surface area contributed by atoms with Crippen LogP contribution in [0.2, 0.25) is 0 Å². The molecule has 1 saturated carbocycles. The van der Waals surface area contributed by atoms with E-state index in [2.05, 4.69) is 12.2 Å². The Bertz CT molecular complexity index is 959. The molecule has 0 aromatic heterocycles. The first-order valence-electron chi connectivity index (χ1n) is 13.0. The molecule has 36 heavy (non-hydrogen) atoms. The quantitative estimate of drug-likeness (QED) is 0.682. The van der Waals surface area contributed by atoms with E-state index in [1.807, 2.05) is 11.8 Å². The molecule has 0 spiro atoms. The summed E-state index contributed by atoms with van der Waals surface area (Å²) in [6.07, 6.45) is 3.00. The minimum Gasteiger partial charge on any atom is -0.491 e. The summed E-state index contributed by atoms with van der Waals surface area (Å²) >= 11 is 0. The van der Waals surface area contributed by atoms with E-state index in [9.17, 15) is 14.4 Å². The van der Waals surface area contributed by atoms with E-state index in [1.165, 1.54) is 0 Å². The summed E-state index contributed by atoms with van der Waals surface area (Å²) in [7, 11) is 3.38. The second-order valence-corrected chi connectivity index (χ2v) is 10.4. The fourth-order valence-corrected chi connectivity index (χ4v) is 4.93. The fourth-order valence-electron chi connectivity index (χ4n) is 4.93. The molecule has 4 rings (SSSR count). The Morgan fingerprint density at radius 1 is 1.06 bits per heavy atom. The third kappa shape index (κ3) is 6.18. The van der Waals surface area contributed by atoms with Gasteiger partial charge in [-0.2, -0.15) is 0 Å². The van der Waals surface area contributed by atoms with Crippen molar-refractivity contribution in [2.45, 2.75) is 51.7 Å². The first kappa shape index (κ1) is 26.4. The summed E-state index contributed by atoms with van der Waals surface area (Å²) in [4.78, 5) is 42.9. The molecule has 2 heterocycles. The summed E-state index contributed by atoms with van der Waals surface area (Å²) in [5.74, 6) is 0.333. The first-order valence-corrected chi connectivity index (χ1v) is 13.0. The zero-order valence-corrected chi connectivity index (χ0v) is 21.8. The van der Waals surface area contributed by atoms with Gasteiger partial charge in [0.15, 0.2) is 0 Å². The lowest BCUT2D eigenvalue weighted by Gasteiger charge is -2.38. The molecule has 3 aliphatic rings. The number of hydrogen-bond donors (Lipinski definition) is 1. The number of carbonyl (C=O) groups is 3. The van der Waals surface area contributed by atoms with Gasteiger partial charge < -0.3 is 29.3 Å². The van der Waals surface area contributed by atoms with Crippen LogP contribution in [-0.2, 0) is 19.1 Å². The molecule has 3 amide bonds. The lowest BCUT2D eigenvalue weighted by atomic mass is 9.95. The Balaban J connectivity index is 1.61. The van der Waals surface area contributed by atoms with Gasteiger partial charge in [-0.25, -0.2) is 0 Å². The van der Waals surface area contributed by atoms with E-state index in [-0.39, 0.29) is 54.2 Å². The van der Waals surface area contributed by atoms with Crippen molar-refractivity contribution < 1.29 is 28.6 Å². The normalized spacial score (nSPS) is 26.3. The second-order valence-electron chi connectivity index (χ2n) is 10.4. The van der Waals surface area contributed by atoms with Gasteiger partial charge in [-0.05, 0) is 50.8 Å². The maximum absolute atomic E-state index is 13.6. The molecule has 1 saturated heterocycles. The highest BCUT2D eigenvalue weighted by atomic mass is 16.5. The van der Waals surface area contributed by atoms with E-state index in [0.717, 1.165) is 25.7 Å². The third-order valence-corrected chi connectivity index (χ3v) is 7.51. The van der Waals surface area contributed by atoms with Gasteiger partial charge in [0.1, 0.15) is 12.4 Å². The number of methoxy groups -OCH3 is 1. The van der Waals surface area contributed by atoms with Gasteiger partial charge in [0.25, 0.3) is 5.91 Å². The van der Waals surface area contributed by atoms with Crippen molar-refractivity contribution in [3.63, 3.8) is 0 Å². The van der Waals surface area contributed by atoms with Crippen LogP contribution in [-0.4, -0.2) is 86.7 Å². The molecule has 0 radical (unpaired) electrons. The number of nitrogens with zero attached hydrogens (tertiary/aromatic N) is 2. The maximum atomic E-state index is 13.6. The molecule has 0 bridgehead atoms. The number of rotatable bonds is 4. The largest absolute Gasteiger partial charge is 0.491 e. The van der Waals surface area contributed by atoms with Crippen molar-refractivity contribution in [1.29, 1.82) is 0 Å². The van der Waals surface area contributed by atoms with E-state index in [0.29, 0.717) is 43.3 Å². The molecule has 9 nitrogen and oxygen atoms in total. The molecule has 1 aromatic carbocycles. The van der Waals surface area contributed by atoms with Crippen LogP contribution in [0.1, 0.15) is 49.9 Å². The van der Waals surface area contributed by atoms with Crippen LogP contribution < -0.4 is 10.1 Å². The standard InChI is InChI=1S/C27H39N3O6/c1-17-14-30(26(32)20-9-11-35-12-10-20)18(2)16-36-23-8-7-21(28-25(31)19-5-6-19)13-22(23)27(33)29(3)15-24(17)34-4/h7-8,13,17-20,24H,5-6,9-12,14-16H2,1-4H3,(H,28,31)/t17-,18+,24-/m0/s1. The highest BCUT2D eigenvalue weighted by Gasteiger charge is 2.34. The average molecular weight is 502 g/mol. The summed E-state index contributed by atoms with van der Waals surface area (Å²) < 4.78 is 17.4. The molecule has 198 valence electrons. The molecule has 9 heteroatoms. The number of benzene rings is 1. The zero-order valence-electron chi connectivity index (χ0n) is 21.8. The lowest BCUT2D eigenvalue weighted by Crippen LogP contribution is -2.50. The minimum atomic E-state index is -0.252. The number of ether oxygens (including phenoxy) is 3. The Morgan fingerprint density at radius 2 is 1.78 bits per heavy atom. The highest BCUT2D eigenvalue weighted by molar-refractivity contribution is 6.00. The van der Waals surface area contributed by atoms with Gasteiger partial charge in [-0.15, -0.1) is 0 Å². The Labute approximate surface area is 213 Å². The summed E-state index contributed by atoms with van der Waals surface area (Å²) in [5, 5.41) is 2.92. The van der Waals surface area contributed by atoms with Gasteiger partial charge >= 0.3 is 0 Å². The summed E-state index contributed by atoms with van der Waals surface area (Å²) in [6.45, 7) is 6.36. The van der Waals surface area contributed by atoms with Gasteiger partial charge in [0.2, 0.25) is 11.8 Å². The Hall–Kier alpha value is -2.65. The number of amides is 3. The molecular formula is C27H39N3O6. The van der Waals surface area contributed by atoms with E-state index >= 15 is 0 Å². The molecule has 2 fully saturated rings. The van der Waals surface area contributed by atoms with E-state index in [4.69, 9.17) is 14.2 Å². The number of anilines is 1. The van der Waals surface area contributed by atoms with Crippen molar-refractivity contribution in [1.82, 2.24) is 9.80 Å². The SMILES string of the molecule is CO[C@H]1CN(C)C(=O)c2cc(NC(=O)C3CC3)ccc2OC[C@@H](C)N(C(=O)C2CCOCC2)C[C@@H]1C. The lowest BCUT2D eigenvalue weighted by molar-refractivity contribution is -0.142. The molecule has 1 aliphatic carbocycles. The van der Waals surface area contributed by atoms with Gasteiger partial charge in [-0.1, -0.05) is 6.92 Å². The Morgan fingerprint density at radius 3 is 2.44 bits per heavy atom. The van der Waals surface area contributed by atoms with Crippen LogP contribution in [0.15, 0.2) is 18.2 Å². The van der Waals surface area contributed by atoms with Crippen molar-refractivity contribution in [2.75, 3.05) is 52.4 Å². The summed E-state index contributed by atoms with van der Waals surface area (Å²) in [6, 6.07) is 4.97. The number of nitrogens with one attached hydrogen (secondary N) is 1. The Kier molecular flexibility index (Phi) is 8.51. The average Bonchev–Trinajstić information content (AvgIpc) is 3.74.